The molecule has 2 nitrogen and oxygen atoms in total. The second-order valence-corrected chi connectivity index (χ2v) is 3.72. The van der Waals surface area contributed by atoms with Crippen LogP contribution >= 0.6 is 23.6 Å². The highest BCUT2D eigenvalue weighted by atomic mass is 32.1. The summed E-state index contributed by atoms with van der Waals surface area (Å²) in [5.41, 5.74) is 5.41. The van der Waals surface area contributed by atoms with Crippen LogP contribution in [-0.4, -0.2) is 17.1 Å². The summed E-state index contributed by atoms with van der Waals surface area (Å²) >= 11 is 6.51. The van der Waals surface area contributed by atoms with E-state index in [-0.39, 0.29) is 0 Å². The van der Waals surface area contributed by atoms with Crippen LogP contribution in [0, 0.1) is 0 Å². The van der Waals surface area contributed by atoms with Crippen molar-refractivity contribution >= 4 is 28.7 Å². The third-order valence-electron chi connectivity index (χ3n) is 1.35. The van der Waals surface area contributed by atoms with E-state index in [1.807, 2.05) is 23.4 Å². The lowest BCUT2D eigenvalue weighted by Gasteiger charge is -2.14. The van der Waals surface area contributed by atoms with Crippen molar-refractivity contribution < 1.29 is 0 Å². The number of nitrogens with zero attached hydrogens (tertiary/aromatic N) is 1. The van der Waals surface area contributed by atoms with Crippen molar-refractivity contribution in [1.29, 1.82) is 0 Å². The molecule has 0 aliphatic rings. The molecular formula is C7H10N2S2. The Kier molecular flexibility index (Phi) is 2.84. The molecule has 0 radical (unpaired) electrons. The van der Waals surface area contributed by atoms with Crippen LogP contribution in [0.25, 0.3) is 0 Å². The molecule has 1 aromatic rings. The second kappa shape index (κ2) is 3.69. The quantitative estimate of drug-likeness (QED) is 0.708. The van der Waals surface area contributed by atoms with Gasteiger partial charge in [-0.3, -0.25) is 0 Å². The molecule has 0 spiro atoms. The van der Waals surface area contributed by atoms with Crippen LogP contribution in [0.2, 0.25) is 0 Å². The van der Waals surface area contributed by atoms with Gasteiger partial charge in [-0.15, -0.1) is 11.3 Å². The van der Waals surface area contributed by atoms with Crippen LogP contribution < -0.4 is 5.73 Å². The van der Waals surface area contributed by atoms with Gasteiger partial charge in [0.1, 0.15) is 0 Å². The molecule has 0 saturated carbocycles. The fraction of sp³-hybridized carbons (Fsp3) is 0.286. The van der Waals surface area contributed by atoms with Gasteiger partial charge in [0.2, 0.25) is 0 Å². The maximum atomic E-state index is 5.41. The first-order chi connectivity index (χ1) is 5.20. The molecule has 1 heterocycles. The monoisotopic (exact) mass is 186 g/mol. The second-order valence-electron chi connectivity index (χ2n) is 2.27. The molecule has 60 valence electrons. The highest BCUT2D eigenvalue weighted by molar-refractivity contribution is 7.80. The average Bonchev–Trinajstić information content (AvgIpc) is 2.39. The summed E-state index contributed by atoms with van der Waals surface area (Å²) in [6.45, 7) is 0.812. The van der Waals surface area contributed by atoms with Crippen molar-refractivity contribution in [3.63, 3.8) is 0 Å². The zero-order chi connectivity index (χ0) is 8.27. The SMILES string of the molecule is CN(Cc1cccs1)C(N)=S. The predicted molar refractivity (Wildman–Crippen MR) is 52.6 cm³/mol. The lowest BCUT2D eigenvalue weighted by atomic mass is 10.4. The van der Waals surface area contributed by atoms with Gasteiger partial charge >= 0.3 is 0 Å². The molecule has 0 aliphatic carbocycles. The summed E-state index contributed by atoms with van der Waals surface area (Å²) in [7, 11) is 1.89. The van der Waals surface area contributed by atoms with Crippen molar-refractivity contribution in [3.05, 3.63) is 22.4 Å². The van der Waals surface area contributed by atoms with Gasteiger partial charge < -0.3 is 10.6 Å². The summed E-state index contributed by atoms with van der Waals surface area (Å²) < 4.78 is 0. The van der Waals surface area contributed by atoms with Crippen LogP contribution in [0.4, 0.5) is 0 Å². The van der Waals surface area contributed by atoms with Crippen LogP contribution in [0.5, 0.6) is 0 Å². The Labute approximate surface area is 75.6 Å². The summed E-state index contributed by atoms with van der Waals surface area (Å²) in [6, 6.07) is 4.09. The Hall–Kier alpha value is -0.610. The van der Waals surface area contributed by atoms with Gasteiger partial charge in [-0.1, -0.05) is 6.07 Å². The zero-order valence-corrected chi connectivity index (χ0v) is 7.91. The van der Waals surface area contributed by atoms with E-state index in [2.05, 4.69) is 6.07 Å². The van der Waals surface area contributed by atoms with Gasteiger partial charge in [-0.05, 0) is 23.7 Å². The van der Waals surface area contributed by atoms with E-state index in [0.717, 1.165) is 6.54 Å². The smallest absolute Gasteiger partial charge is 0.166 e. The maximum absolute atomic E-state index is 5.41. The van der Waals surface area contributed by atoms with Crippen LogP contribution in [0.1, 0.15) is 4.88 Å². The van der Waals surface area contributed by atoms with Crippen molar-refractivity contribution in [2.24, 2.45) is 5.73 Å². The fourth-order valence-electron chi connectivity index (χ4n) is 0.714. The van der Waals surface area contributed by atoms with Gasteiger partial charge in [0.05, 0.1) is 6.54 Å². The minimum atomic E-state index is 0.443. The molecule has 0 atom stereocenters. The molecule has 0 amide bonds. The fourth-order valence-corrected chi connectivity index (χ4v) is 1.54. The summed E-state index contributed by atoms with van der Waals surface area (Å²) in [4.78, 5) is 3.13. The predicted octanol–water partition coefficient (Wildman–Crippen LogP) is 1.42. The third kappa shape index (κ3) is 2.48. The minimum absolute atomic E-state index is 0.443. The largest absolute Gasteiger partial charge is 0.376 e. The van der Waals surface area contributed by atoms with Gasteiger partial charge in [0, 0.05) is 11.9 Å². The number of hydrogen-bond acceptors (Lipinski definition) is 2. The summed E-state index contributed by atoms with van der Waals surface area (Å²) in [5.74, 6) is 0. The van der Waals surface area contributed by atoms with E-state index >= 15 is 0 Å². The maximum Gasteiger partial charge on any atom is 0.166 e. The first kappa shape index (κ1) is 8.49. The van der Waals surface area contributed by atoms with E-state index in [0.29, 0.717) is 5.11 Å². The molecule has 0 unspecified atom stereocenters. The number of nitrogens with two attached hydrogens (primary N) is 1. The van der Waals surface area contributed by atoms with Crippen LogP contribution in [-0.2, 0) is 6.54 Å². The van der Waals surface area contributed by atoms with Crippen molar-refractivity contribution in [2.45, 2.75) is 6.54 Å². The molecule has 0 bridgehead atoms. The number of hydrogen-bond donors (Lipinski definition) is 1. The van der Waals surface area contributed by atoms with Crippen LogP contribution in [0.15, 0.2) is 17.5 Å². The normalized spacial score (nSPS) is 9.55. The molecule has 4 heteroatoms. The Morgan fingerprint density at radius 1 is 1.82 bits per heavy atom. The first-order valence-electron chi connectivity index (χ1n) is 3.23. The number of thiophene rings is 1. The minimum Gasteiger partial charge on any atom is -0.376 e. The summed E-state index contributed by atoms with van der Waals surface area (Å²) in [5, 5.41) is 2.49. The molecule has 1 rings (SSSR count). The topological polar surface area (TPSA) is 29.3 Å². The molecule has 2 N–H and O–H groups in total. The van der Waals surface area contributed by atoms with E-state index in [4.69, 9.17) is 18.0 Å². The van der Waals surface area contributed by atoms with Gasteiger partial charge in [-0.25, -0.2) is 0 Å². The van der Waals surface area contributed by atoms with Crippen molar-refractivity contribution in [3.8, 4) is 0 Å². The molecule has 11 heavy (non-hydrogen) atoms. The van der Waals surface area contributed by atoms with E-state index in [1.54, 1.807) is 11.3 Å². The molecule has 1 aromatic heterocycles. The highest BCUT2D eigenvalue weighted by Crippen LogP contribution is 2.10. The average molecular weight is 186 g/mol. The van der Waals surface area contributed by atoms with E-state index in [9.17, 15) is 0 Å². The van der Waals surface area contributed by atoms with Gasteiger partial charge in [0.15, 0.2) is 5.11 Å². The Morgan fingerprint density at radius 2 is 2.55 bits per heavy atom. The van der Waals surface area contributed by atoms with Gasteiger partial charge in [-0.2, -0.15) is 0 Å². The van der Waals surface area contributed by atoms with E-state index < -0.39 is 0 Å². The lowest BCUT2D eigenvalue weighted by Crippen LogP contribution is -2.30. The molecular weight excluding hydrogens is 176 g/mol. The first-order valence-corrected chi connectivity index (χ1v) is 4.52. The molecule has 0 fully saturated rings. The van der Waals surface area contributed by atoms with Crippen LogP contribution in [0.3, 0.4) is 0 Å². The summed E-state index contributed by atoms with van der Waals surface area (Å²) in [6.07, 6.45) is 0. The highest BCUT2D eigenvalue weighted by Gasteiger charge is 2.00. The zero-order valence-electron chi connectivity index (χ0n) is 6.28. The molecule has 0 aromatic carbocycles. The van der Waals surface area contributed by atoms with Crippen molar-refractivity contribution in [2.75, 3.05) is 7.05 Å². The standard InChI is InChI=1S/C7H10N2S2/c1-9(7(8)10)5-6-3-2-4-11-6/h2-4H,5H2,1H3,(H2,8,10). The Bertz CT molecular complexity index is 231. The third-order valence-corrected chi connectivity index (χ3v) is 2.52. The van der Waals surface area contributed by atoms with E-state index in [1.165, 1.54) is 4.88 Å². The number of thiocarbonyl (C=S) groups is 1. The lowest BCUT2D eigenvalue weighted by molar-refractivity contribution is 0.510. The van der Waals surface area contributed by atoms with Crippen molar-refractivity contribution in [1.82, 2.24) is 4.90 Å². The molecule has 0 aliphatic heterocycles. The number of rotatable bonds is 2. The Balaban J connectivity index is 2.50. The van der Waals surface area contributed by atoms with Gasteiger partial charge in [0.25, 0.3) is 0 Å². The Morgan fingerprint density at radius 3 is 3.00 bits per heavy atom. The molecule has 0 saturated heterocycles.